The molecule has 0 radical (unpaired) electrons. The molecule has 0 aliphatic carbocycles. The van der Waals surface area contributed by atoms with E-state index in [0.29, 0.717) is 58.1 Å². The Labute approximate surface area is 224 Å². The fourth-order valence-corrected chi connectivity index (χ4v) is 4.83. The normalized spacial score (nSPS) is 12.7. The lowest BCUT2D eigenvalue weighted by Gasteiger charge is -2.29. The summed E-state index contributed by atoms with van der Waals surface area (Å²) in [6, 6.07) is 22.1. The highest BCUT2D eigenvalue weighted by atomic mass is 35.5. The van der Waals surface area contributed by atoms with Crippen molar-refractivity contribution in [1.29, 1.82) is 0 Å². The van der Waals surface area contributed by atoms with Crippen molar-refractivity contribution in [2.24, 2.45) is 0 Å². The van der Waals surface area contributed by atoms with Gasteiger partial charge in [0.2, 0.25) is 5.95 Å². The smallest absolute Gasteiger partial charge is 0.322 e. The summed E-state index contributed by atoms with van der Waals surface area (Å²) in [5, 5.41) is 6.99. The van der Waals surface area contributed by atoms with Gasteiger partial charge >= 0.3 is 6.03 Å². The standard InChI is InChI=1S/C28H25Cl2N5O2/c1-18-6-5-7-19(14-18)16-31-27-32-24-12-13-34(28(37)33-25-11-10-20(29)15-23(25)30)17-22(24)26(36)35(27)21-8-3-2-4-9-21/h2-11,14-15H,12-13,16-17H2,1H3,(H,31,32)(H,33,37). The van der Waals surface area contributed by atoms with Crippen molar-refractivity contribution in [3.8, 4) is 5.69 Å². The predicted octanol–water partition coefficient (Wildman–Crippen LogP) is 6.05. The topological polar surface area (TPSA) is 79.3 Å². The van der Waals surface area contributed by atoms with Gasteiger partial charge in [-0.2, -0.15) is 0 Å². The third kappa shape index (κ3) is 5.48. The molecule has 0 unspecified atom stereocenters. The predicted molar refractivity (Wildman–Crippen MR) is 148 cm³/mol. The van der Waals surface area contributed by atoms with E-state index in [9.17, 15) is 9.59 Å². The fraction of sp³-hybridized carbons (Fsp3) is 0.179. The molecule has 37 heavy (non-hydrogen) atoms. The molecule has 2 amide bonds. The molecule has 0 bridgehead atoms. The van der Waals surface area contributed by atoms with E-state index in [1.807, 2.05) is 55.5 Å². The van der Waals surface area contributed by atoms with Crippen LogP contribution in [0.1, 0.15) is 22.4 Å². The van der Waals surface area contributed by atoms with Gasteiger partial charge in [-0.15, -0.1) is 0 Å². The lowest BCUT2D eigenvalue weighted by Crippen LogP contribution is -2.43. The van der Waals surface area contributed by atoms with E-state index in [1.54, 1.807) is 27.7 Å². The maximum Gasteiger partial charge on any atom is 0.322 e. The number of hydrogen-bond acceptors (Lipinski definition) is 4. The molecule has 7 nitrogen and oxygen atoms in total. The van der Waals surface area contributed by atoms with Crippen molar-refractivity contribution in [2.75, 3.05) is 17.2 Å². The second kappa shape index (κ2) is 10.7. The van der Waals surface area contributed by atoms with E-state index in [2.05, 4.69) is 16.7 Å². The Balaban J connectivity index is 1.45. The second-order valence-electron chi connectivity index (χ2n) is 8.91. The van der Waals surface area contributed by atoms with Crippen molar-refractivity contribution < 1.29 is 4.79 Å². The average Bonchev–Trinajstić information content (AvgIpc) is 2.89. The summed E-state index contributed by atoms with van der Waals surface area (Å²) >= 11 is 12.2. The molecular weight excluding hydrogens is 509 g/mol. The molecule has 3 aromatic carbocycles. The number of fused-ring (bicyclic) bond motifs is 1. The van der Waals surface area contributed by atoms with Gasteiger partial charge in [0.1, 0.15) is 0 Å². The minimum atomic E-state index is -0.345. The van der Waals surface area contributed by atoms with Crippen LogP contribution in [0.4, 0.5) is 16.4 Å². The van der Waals surface area contributed by atoms with Crippen LogP contribution in [0, 0.1) is 6.92 Å². The van der Waals surface area contributed by atoms with Crippen LogP contribution < -0.4 is 16.2 Å². The van der Waals surface area contributed by atoms with Crippen LogP contribution >= 0.6 is 23.2 Å². The van der Waals surface area contributed by atoms with E-state index in [-0.39, 0.29) is 18.1 Å². The van der Waals surface area contributed by atoms with Gasteiger partial charge in [-0.3, -0.25) is 4.79 Å². The van der Waals surface area contributed by atoms with Gasteiger partial charge in [0.05, 0.1) is 34.2 Å². The van der Waals surface area contributed by atoms with Crippen LogP contribution in [-0.4, -0.2) is 27.0 Å². The molecule has 1 aromatic heterocycles. The van der Waals surface area contributed by atoms with Crippen molar-refractivity contribution in [3.05, 3.63) is 116 Å². The first-order valence-corrected chi connectivity index (χ1v) is 12.7. The van der Waals surface area contributed by atoms with Gasteiger partial charge < -0.3 is 15.5 Å². The fourth-order valence-electron chi connectivity index (χ4n) is 4.37. The largest absolute Gasteiger partial charge is 0.351 e. The minimum Gasteiger partial charge on any atom is -0.351 e. The summed E-state index contributed by atoms with van der Waals surface area (Å²) in [4.78, 5) is 33.3. The third-order valence-electron chi connectivity index (χ3n) is 6.24. The number of urea groups is 1. The monoisotopic (exact) mass is 533 g/mol. The van der Waals surface area contributed by atoms with Crippen LogP contribution in [0.15, 0.2) is 77.6 Å². The van der Waals surface area contributed by atoms with Crippen LogP contribution in [0.3, 0.4) is 0 Å². The lowest BCUT2D eigenvalue weighted by molar-refractivity contribution is 0.205. The first-order chi connectivity index (χ1) is 17.9. The number of nitrogens with zero attached hydrogens (tertiary/aromatic N) is 3. The van der Waals surface area contributed by atoms with Gasteiger partial charge in [-0.1, -0.05) is 71.2 Å². The highest BCUT2D eigenvalue weighted by Gasteiger charge is 2.27. The van der Waals surface area contributed by atoms with Gasteiger partial charge in [0.25, 0.3) is 5.56 Å². The molecule has 188 valence electrons. The molecule has 1 aliphatic rings. The molecule has 0 fully saturated rings. The number of halogens is 2. The maximum absolute atomic E-state index is 13.8. The van der Waals surface area contributed by atoms with Crippen LogP contribution in [0.25, 0.3) is 5.69 Å². The highest BCUT2D eigenvalue weighted by molar-refractivity contribution is 6.36. The quantitative estimate of drug-likeness (QED) is 0.327. The summed E-state index contributed by atoms with van der Waals surface area (Å²) in [7, 11) is 0. The molecule has 1 aliphatic heterocycles. The average molecular weight is 534 g/mol. The maximum atomic E-state index is 13.8. The minimum absolute atomic E-state index is 0.142. The highest BCUT2D eigenvalue weighted by Crippen LogP contribution is 2.26. The van der Waals surface area contributed by atoms with Crippen molar-refractivity contribution >= 4 is 40.9 Å². The van der Waals surface area contributed by atoms with E-state index in [0.717, 1.165) is 11.1 Å². The van der Waals surface area contributed by atoms with E-state index in [4.69, 9.17) is 28.2 Å². The molecule has 0 atom stereocenters. The van der Waals surface area contributed by atoms with Gasteiger partial charge in [-0.05, 0) is 42.8 Å². The Morgan fingerprint density at radius 2 is 1.84 bits per heavy atom. The van der Waals surface area contributed by atoms with Gasteiger partial charge in [-0.25, -0.2) is 14.3 Å². The number of hydrogen-bond donors (Lipinski definition) is 2. The Kier molecular flexibility index (Phi) is 7.17. The number of nitrogens with one attached hydrogen (secondary N) is 2. The summed E-state index contributed by atoms with van der Waals surface area (Å²) in [6.07, 6.45) is 0.459. The summed E-state index contributed by atoms with van der Waals surface area (Å²) in [6.45, 7) is 3.13. The number of rotatable bonds is 5. The number of aromatic nitrogens is 2. The molecule has 4 aromatic rings. The van der Waals surface area contributed by atoms with Gasteiger partial charge in [0, 0.05) is 24.5 Å². The summed E-state index contributed by atoms with van der Waals surface area (Å²) in [5.74, 6) is 0.474. The molecule has 0 spiro atoms. The first kappa shape index (κ1) is 24.9. The number of aryl methyl sites for hydroxylation is 1. The number of para-hydroxylation sites is 1. The Morgan fingerprint density at radius 1 is 1.03 bits per heavy atom. The number of benzene rings is 3. The van der Waals surface area contributed by atoms with E-state index < -0.39 is 0 Å². The van der Waals surface area contributed by atoms with Crippen LogP contribution in [-0.2, 0) is 19.5 Å². The van der Waals surface area contributed by atoms with Crippen LogP contribution in [0.5, 0.6) is 0 Å². The zero-order valence-corrected chi connectivity index (χ0v) is 21.7. The SMILES string of the molecule is Cc1cccc(CNc2nc3c(c(=O)n2-c2ccccc2)CN(C(=O)Nc2ccc(Cl)cc2Cl)CC3)c1. The summed E-state index contributed by atoms with van der Waals surface area (Å²) < 4.78 is 1.58. The molecule has 9 heteroatoms. The lowest BCUT2D eigenvalue weighted by atomic mass is 10.1. The second-order valence-corrected chi connectivity index (χ2v) is 9.75. The molecule has 0 saturated carbocycles. The third-order valence-corrected chi connectivity index (χ3v) is 6.79. The number of amides is 2. The Morgan fingerprint density at radius 3 is 2.59 bits per heavy atom. The molecule has 5 rings (SSSR count). The van der Waals surface area contributed by atoms with E-state index in [1.165, 1.54) is 0 Å². The number of carbonyl (C=O) groups excluding carboxylic acids is 1. The van der Waals surface area contributed by atoms with Crippen molar-refractivity contribution in [3.63, 3.8) is 0 Å². The van der Waals surface area contributed by atoms with Crippen molar-refractivity contribution in [1.82, 2.24) is 14.5 Å². The zero-order chi connectivity index (χ0) is 25.9. The zero-order valence-electron chi connectivity index (χ0n) is 20.2. The van der Waals surface area contributed by atoms with E-state index >= 15 is 0 Å². The summed E-state index contributed by atoms with van der Waals surface area (Å²) in [5.41, 5.74) is 4.39. The molecule has 2 N–H and O–H groups in total. The van der Waals surface area contributed by atoms with Gasteiger partial charge in [0.15, 0.2) is 0 Å². The first-order valence-electron chi connectivity index (χ1n) is 11.9. The van der Waals surface area contributed by atoms with Crippen LogP contribution in [0.2, 0.25) is 10.0 Å². The number of carbonyl (C=O) groups is 1. The Hall–Kier alpha value is -3.81. The number of anilines is 2. The molecular formula is C28H25Cl2N5O2. The Bertz CT molecular complexity index is 1520. The van der Waals surface area contributed by atoms with Crippen molar-refractivity contribution in [2.45, 2.75) is 26.4 Å². The molecule has 0 saturated heterocycles. The molecule has 2 heterocycles.